The average Bonchev–Trinajstić information content (AvgIpc) is 2.70. The minimum atomic E-state index is -0.962. The highest BCUT2D eigenvalue weighted by atomic mass is 32.1. The Morgan fingerprint density at radius 1 is 1.33 bits per heavy atom. The first-order valence-corrected chi connectivity index (χ1v) is 6.83. The molecule has 1 aromatic carbocycles. The lowest BCUT2D eigenvalue weighted by molar-refractivity contribution is 0.0697. The summed E-state index contributed by atoms with van der Waals surface area (Å²) >= 11 is 4.34. The standard InChI is InChI=1S/C16H15NO3S/c17-15(13-4-2-1-3-5-14(13)21)20-10-11-6-8-12(9-7-11)16(18)19/h1,3-9,17,21H,2,10H2,(H,18,19). The summed E-state index contributed by atoms with van der Waals surface area (Å²) in [6.07, 6.45) is 8.31. The quantitative estimate of drug-likeness (QED) is 0.452. The van der Waals surface area contributed by atoms with Crippen LogP contribution in [0, 0.1) is 5.41 Å². The first-order valence-electron chi connectivity index (χ1n) is 6.38. The van der Waals surface area contributed by atoms with Crippen molar-refractivity contribution in [2.45, 2.75) is 13.0 Å². The summed E-state index contributed by atoms with van der Waals surface area (Å²) in [7, 11) is 0. The Kier molecular flexibility index (Phi) is 5.00. The van der Waals surface area contributed by atoms with Gasteiger partial charge in [-0.1, -0.05) is 30.4 Å². The second-order valence-corrected chi connectivity index (χ2v) is 4.94. The molecule has 4 nitrogen and oxygen atoms in total. The summed E-state index contributed by atoms with van der Waals surface area (Å²) < 4.78 is 5.44. The van der Waals surface area contributed by atoms with Gasteiger partial charge in [-0.05, 0) is 30.2 Å². The lowest BCUT2D eigenvalue weighted by Gasteiger charge is -2.10. The number of rotatable bonds is 4. The number of carboxylic acids is 1. The van der Waals surface area contributed by atoms with E-state index in [4.69, 9.17) is 15.3 Å². The normalized spacial score (nSPS) is 14.0. The number of thiol groups is 1. The van der Waals surface area contributed by atoms with Crippen LogP contribution in [0.4, 0.5) is 0 Å². The van der Waals surface area contributed by atoms with Crippen molar-refractivity contribution in [3.63, 3.8) is 0 Å². The lowest BCUT2D eigenvalue weighted by atomic mass is 10.1. The summed E-state index contributed by atoms with van der Waals surface area (Å²) in [4.78, 5) is 11.4. The molecule has 0 fully saturated rings. The van der Waals surface area contributed by atoms with Gasteiger partial charge in [0.15, 0.2) is 0 Å². The van der Waals surface area contributed by atoms with E-state index in [-0.39, 0.29) is 18.1 Å². The van der Waals surface area contributed by atoms with E-state index >= 15 is 0 Å². The van der Waals surface area contributed by atoms with Gasteiger partial charge in [-0.25, -0.2) is 4.79 Å². The summed E-state index contributed by atoms with van der Waals surface area (Å²) in [5.41, 5.74) is 1.69. The summed E-state index contributed by atoms with van der Waals surface area (Å²) in [5.74, 6) is -0.904. The predicted molar refractivity (Wildman–Crippen MR) is 84.8 cm³/mol. The molecule has 21 heavy (non-hydrogen) atoms. The molecule has 108 valence electrons. The predicted octanol–water partition coefficient (Wildman–Crippen LogP) is 3.58. The number of carbonyl (C=O) groups is 1. The van der Waals surface area contributed by atoms with Crippen LogP contribution in [0.5, 0.6) is 0 Å². The molecule has 5 heteroatoms. The molecule has 0 spiro atoms. The molecule has 1 aliphatic carbocycles. The minimum Gasteiger partial charge on any atom is -0.478 e. The molecular formula is C16H15NO3S. The van der Waals surface area contributed by atoms with Crippen LogP contribution in [0.1, 0.15) is 22.3 Å². The maximum Gasteiger partial charge on any atom is 0.335 e. The van der Waals surface area contributed by atoms with Crippen molar-refractivity contribution in [3.05, 3.63) is 70.2 Å². The monoisotopic (exact) mass is 301 g/mol. The Morgan fingerprint density at radius 2 is 2.05 bits per heavy atom. The minimum absolute atomic E-state index is 0.0576. The van der Waals surface area contributed by atoms with Gasteiger partial charge in [0.2, 0.25) is 5.90 Å². The van der Waals surface area contributed by atoms with Crippen molar-refractivity contribution >= 4 is 24.5 Å². The van der Waals surface area contributed by atoms with Crippen molar-refractivity contribution in [1.82, 2.24) is 0 Å². The second kappa shape index (κ2) is 6.95. The van der Waals surface area contributed by atoms with Crippen LogP contribution >= 0.6 is 12.6 Å². The molecule has 0 atom stereocenters. The number of nitrogens with one attached hydrogen (secondary N) is 1. The van der Waals surface area contributed by atoms with E-state index < -0.39 is 5.97 Å². The fraction of sp³-hybridized carbons (Fsp3) is 0.125. The summed E-state index contributed by atoms with van der Waals surface area (Å²) in [6.45, 7) is 0.213. The van der Waals surface area contributed by atoms with Crippen molar-refractivity contribution in [1.29, 1.82) is 5.41 Å². The number of ether oxygens (including phenoxy) is 1. The smallest absolute Gasteiger partial charge is 0.335 e. The zero-order valence-electron chi connectivity index (χ0n) is 11.2. The topological polar surface area (TPSA) is 70.4 Å². The maximum atomic E-state index is 10.8. The second-order valence-electron chi connectivity index (χ2n) is 4.45. The van der Waals surface area contributed by atoms with Crippen molar-refractivity contribution in [3.8, 4) is 0 Å². The van der Waals surface area contributed by atoms with Gasteiger partial charge in [-0.15, -0.1) is 12.6 Å². The lowest BCUT2D eigenvalue weighted by Crippen LogP contribution is -2.07. The molecule has 2 N–H and O–H groups in total. The van der Waals surface area contributed by atoms with Gasteiger partial charge in [0.25, 0.3) is 0 Å². The van der Waals surface area contributed by atoms with Gasteiger partial charge in [-0.2, -0.15) is 0 Å². The molecule has 0 aliphatic heterocycles. The zero-order valence-corrected chi connectivity index (χ0v) is 12.1. The third-order valence-corrected chi connectivity index (χ3v) is 3.34. The fourth-order valence-electron chi connectivity index (χ4n) is 1.80. The number of hydrogen-bond acceptors (Lipinski definition) is 4. The van der Waals surface area contributed by atoms with Gasteiger partial charge < -0.3 is 9.84 Å². The van der Waals surface area contributed by atoms with Crippen LogP contribution in [0.2, 0.25) is 0 Å². The molecule has 0 bridgehead atoms. The van der Waals surface area contributed by atoms with Gasteiger partial charge in [0.05, 0.1) is 5.56 Å². The molecule has 0 saturated carbocycles. The van der Waals surface area contributed by atoms with Crippen molar-refractivity contribution in [2.75, 3.05) is 0 Å². The van der Waals surface area contributed by atoms with Gasteiger partial charge >= 0.3 is 5.97 Å². The Balaban J connectivity index is 1.98. The number of allylic oxidation sites excluding steroid dienone is 4. The van der Waals surface area contributed by atoms with Crippen LogP contribution in [-0.4, -0.2) is 17.0 Å². The van der Waals surface area contributed by atoms with Crippen LogP contribution in [0.25, 0.3) is 0 Å². The van der Waals surface area contributed by atoms with E-state index in [1.807, 2.05) is 24.3 Å². The molecule has 0 amide bonds. The first kappa shape index (κ1) is 15.1. The van der Waals surface area contributed by atoms with E-state index in [9.17, 15) is 4.79 Å². The molecule has 2 rings (SSSR count). The van der Waals surface area contributed by atoms with E-state index in [1.165, 1.54) is 12.1 Å². The Hall–Kier alpha value is -2.27. The summed E-state index contributed by atoms with van der Waals surface area (Å²) in [6, 6.07) is 6.39. The van der Waals surface area contributed by atoms with Crippen molar-refractivity contribution in [2.24, 2.45) is 0 Å². The third-order valence-electron chi connectivity index (χ3n) is 2.95. The number of aromatic carboxylic acids is 1. The molecule has 0 heterocycles. The Labute approximate surface area is 128 Å². The van der Waals surface area contributed by atoms with E-state index in [1.54, 1.807) is 12.1 Å². The molecule has 0 unspecified atom stereocenters. The average molecular weight is 301 g/mol. The van der Waals surface area contributed by atoms with Crippen LogP contribution in [-0.2, 0) is 11.3 Å². The highest BCUT2D eigenvalue weighted by Gasteiger charge is 2.11. The van der Waals surface area contributed by atoms with E-state index in [0.29, 0.717) is 10.5 Å². The summed E-state index contributed by atoms with van der Waals surface area (Å²) in [5, 5.41) is 16.8. The molecule has 1 aliphatic rings. The largest absolute Gasteiger partial charge is 0.478 e. The highest BCUT2D eigenvalue weighted by Crippen LogP contribution is 2.20. The zero-order chi connectivity index (χ0) is 15.2. The van der Waals surface area contributed by atoms with Crippen LogP contribution < -0.4 is 0 Å². The first-order chi connectivity index (χ1) is 10.1. The molecular weight excluding hydrogens is 286 g/mol. The molecule has 0 aromatic heterocycles. The molecule has 0 radical (unpaired) electrons. The maximum absolute atomic E-state index is 10.8. The fourth-order valence-corrected chi connectivity index (χ4v) is 2.08. The number of carboxylic acid groups (broad SMARTS) is 1. The van der Waals surface area contributed by atoms with Gasteiger partial charge in [0.1, 0.15) is 6.61 Å². The number of benzene rings is 1. The van der Waals surface area contributed by atoms with E-state index in [2.05, 4.69) is 12.6 Å². The Morgan fingerprint density at radius 3 is 2.71 bits per heavy atom. The Bertz CT molecular complexity index is 642. The molecule has 0 saturated heterocycles. The highest BCUT2D eigenvalue weighted by molar-refractivity contribution is 7.84. The van der Waals surface area contributed by atoms with Crippen LogP contribution in [0.3, 0.4) is 0 Å². The SMILES string of the molecule is N=C(OCc1ccc(C(=O)O)cc1)C1=CCC=CC=C1S. The molecule has 1 aromatic rings. The van der Waals surface area contributed by atoms with Crippen LogP contribution in [0.15, 0.2) is 59.0 Å². The van der Waals surface area contributed by atoms with E-state index in [0.717, 1.165) is 12.0 Å². The third kappa shape index (κ3) is 4.10. The number of hydrogen-bond donors (Lipinski definition) is 3. The van der Waals surface area contributed by atoms with Gasteiger partial charge in [-0.3, -0.25) is 5.41 Å². The van der Waals surface area contributed by atoms with Gasteiger partial charge in [0, 0.05) is 10.5 Å². The van der Waals surface area contributed by atoms with Crippen molar-refractivity contribution < 1.29 is 14.6 Å².